The van der Waals surface area contributed by atoms with Gasteiger partial charge in [-0.2, -0.15) is 0 Å². The van der Waals surface area contributed by atoms with Crippen molar-refractivity contribution in [3.8, 4) is 0 Å². The van der Waals surface area contributed by atoms with E-state index in [1.165, 1.54) is 0 Å². The fraction of sp³-hybridized carbons (Fsp3) is 0.263. The minimum absolute atomic E-state index is 0.0621. The SMILES string of the molecule is Cc1cc(C)cc(C(=O)NNC(=O)C2CC(c3ccccc3)NN2)c1. The van der Waals surface area contributed by atoms with Gasteiger partial charge in [-0.05, 0) is 38.0 Å². The van der Waals surface area contributed by atoms with Gasteiger partial charge in [-0.3, -0.25) is 20.4 Å². The standard InChI is InChI=1S/C19H22N4O2/c1-12-8-13(2)10-15(9-12)18(24)22-23-19(25)17-11-16(20-21-17)14-6-4-3-5-7-14/h3-10,16-17,20-21H,11H2,1-2H3,(H,22,24)(H,23,25). The highest BCUT2D eigenvalue weighted by molar-refractivity contribution is 5.96. The van der Waals surface area contributed by atoms with Crippen LogP contribution in [0.5, 0.6) is 0 Å². The highest BCUT2D eigenvalue weighted by atomic mass is 16.2. The summed E-state index contributed by atoms with van der Waals surface area (Å²) in [4.78, 5) is 24.5. The molecule has 2 unspecified atom stereocenters. The van der Waals surface area contributed by atoms with E-state index in [0.29, 0.717) is 12.0 Å². The first-order chi connectivity index (χ1) is 12.0. The predicted molar refractivity (Wildman–Crippen MR) is 95.4 cm³/mol. The molecule has 0 radical (unpaired) electrons. The number of amides is 2. The fourth-order valence-corrected chi connectivity index (χ4v) is 3.02. The third-order valence-electron chi connectivity index (χ3n) is 4.20. The molecule has 3 rings (SSSR count). The van der Waals surface area contributed by atoms with Gasteiger partial charge in [0.05, 0.1) is 0 Å². The van der Waals surface area contributed by atoms with Crippen LogP contribution in [-0.4, -0.2) is 17.9 Å². The van der Waals surface area contributed by atoms with Crippen LogP contribution in [0.4, 0.5) is 0 Å². The zero-order valence-electron chi connectivity index (χ0n) is 14.3. The maximum Gasteiger partial charge on any atom is 0.269 e. The number of carbonyl (C=O) groups excluding carboxylic acids is 2. The minimum Gasteiger partial charge on any atom is -0.271 e. The maximum absolute atomic E-state index is 12.3. The Morgan fingerprint density at radius 2 is 1.64 bits per heavy atom. The van der Waals surface area contributed by atoms with Crippen LogP contribution in [0, 0.1) is 13.8 Å². The third kappa shape index (κ3) is 4.23. The van der Waals surface area contributed by atoms with Crippen LogP contribution in [0.3, 0.4) is 0 Å². The molecule has 2 amide bonds. The summed E-state index contributed by atoms with van der Waals surface area (Å²) in [5.41, 5.74) is 14.7. The third-order valence-corrected chi connectivity index (χ3v) is 4.20. The van der Waals surface area contributed by atoms with Gasteiger partial charge in [-0.25, -0.2) is 10.9 Å². The molecule has 2 aromatic carbocycles. The summed E-state index contributed by atoms with van der Waals surface area (Å²) >= 11 is 0. The first-order valence-electron chi connectivity index (χ1n) is 8.27. The summed E-state index contributed by atoms with van der Waals surface area (Å²) in [5, 5.41) is 0. The Bertz CT molecular complexity index is 756. The molecule has 2 aromatic rings. The molecule has 1 saturated heterocycles. The van der Waals surface area contributed by atoms with Crippen molar-refractivity contribution in [1.82, 2.24) is 21.7 Å². The number of nitrogens with one attached hydrogen (secondary N) is 4. The number of benzene rings is 2. The van der Waals surface area contributed by atoms with E-state index in [4.69, 9.17) is 0 Å². The summed E-state index contributed by atoms with van der Waals surface area (Å²) in [6.07, 6.45) is 0.606. The Hall–Kier alpha value is -2.70. The van der Waals surface area contributed by atoms with E-state index in [9.17, 15) is 9.59 Å². The molecule has 6 heteroatoms. The molecule has 1 fully saturated rings. The number of aryl methyl sites for hydroxylation is 2. The Kier molecular flexibility index (Phi) is 5.11. The molecule has 0 aliphatic carbocycles. The van der Waals surface area contributed by atoms with E-state index in [-0.39, 0.29) is 17.9 Å². The molecule has 0 saturated carbocycles. The molecule has 4 N–H and O–H groups in total. The van der Waals surface area contributed by atoms with Crippen molar-refractivity contribution < 1.29 is 9.59 Å². The predicted octanol–water partition coefficient (Wildman–Crippen LogP) is 1.67. The topological polar surface area (TPSA) is 82.3 Å². The van der Waals surface area contributed by atoms with Gasteiger partial charge in [0, 0.05) is 11.6 Å². The molecule has 25 heavy (non-hydrogen) atoms. The highest BCUT2D eigenvalue weighted by Crippen LogP contribution is 2.21. The lowest BCUT2D eigenvalue weighted by Gasteiger charge is -2.12. The second kappa shape index (κ2) is 7.46. The van der Waals surface area contributed by atoms with Crippen LogP contribution in [0.15, 0.2) is 48.5 Å². The zero-order valence-corrected chi connectivity index (χ0v) is 14.3. The Morgan fingerprint density at radius 1 is 0.960 bits per heavy atom. The number of hydrogen-bond acceptors (Lipinski definition) is 4. The van der Waals surface area contributed by atoms with Crippen LogP contribution >= 0.6 is 0 Å². The van der Waals surface area contributed by atoms with Crippen molar-refractivity contribution in [2.45, 2.75) is 32.4 Å². The van der Waals surface area contributed by atoms with Crippen molar-refractivity contribution >= 4 is 11.8 Å². The summed E-state index contributed by atoms with van der Waals surface area (Å²) in [6.45, 7) is 3.86. The first kappa shape index (κ1) is 17.1. The Labute approximate surface area is 147 Å². The molecule has 0 bridgehead atoms. The summed E-state index contributed by atoms with van der Waals surface area (Å²) in [6, 6.07) is 15.1. The van der Waals surface area contributed by atoms with Gasteiger partial charge < -0.3 is 0 Å². The molecule has 1 aliphatic rings. The van der Waals surface area contributed by atoms with E-state index < -0.39 is 6.04 Å². The highest BCUT2D eigenvalue weighted by Gasteiger charge is 2.30. The lowest BCUT2D eigenvalue weighted by Crippen LogP contribution is -2.50. The molecule has 6 nitrogen and oxygen atoms in total. The van der Waals surface area contributed by atoms with Crippen LogP contribution < -0.4 is 21.7 Å². The second-order valence-corrected chi connectivity index (χ2v) is 6.36. The van der Waals surface area contributed by atoms with E-state index in [0.717, 1.165) is 16.7 Å². The average molecular weight is 338 g/mol. The van der Waals surface area contributed by atoms with Crippen molar-refractivity contribution in [1.29, 1.82) is 0 Å². The minimum atomic E-state index is -0.412. The fourth-order valence-electron chi connectivity index (χ4n) is 3.02. The lowest BCUT2D eigenvalue weighted by atomic mass is 10.0. The molecule has 1 heterocycles. The molecule has 0 aromatic heterocycles. The average Bonchev–Trinajstić information content (AvgIpc) is 3.09. The van der Waals surface area contributed by atoms with Crippen LogP contribution in [0.1, 0.15) is 39.5 Å². The Morgan fingerprint density at radius 3 is 2.32 bits per heavy atom. The van der Waals surface area contributed by atoms with Gasteiger partial charge in [-0.1, -0.05) is 47.5 Å². The van der Waals surface area contributed by atoms with E-state index in [1.54, 1.807) is 12.1 Å². The molecule has 130 valence electrons. The van der Waals surface area contributed by atoms with Gasteiger partial charge in [0.1, 0.15) is 6.04 Å². The monoisotopic (exact) mass is 338 g/mol. The number of carbonyl (C=O) groups is 2. The smallest absolute Gasteiger partial charge is 0.269 e. The van der Waals surface area contributed by atoms with Crippen molar-refractivity contribution in [2.75, 3.05) is 0 Å². The van der Waals surface area contributed by atoms with E-state index in [1.807, 2.05) is 50.2 Å². The van der Waals surface area contributed by atoms with Gasteiger partial charge >= 0.3 is 0 Å². The number of hydrogen-bond donors (Lipinski definition) is 4. The summed E-state index contributed by atoms with van der Waals surface area (Å²) < 4.78 is 0. The normalized spacial score (nSPS) is 19.4. The molecule has 1 aliphatic heterocycles. The van der Waals surface area contributed by atoms with E-state index >= 15 is 0 Å². The molecule has 2 atom stereocenters. The van der Waals surface area contributed by atoms with Gasteiger partial charge in [0.15, 0.2) is 0 Å². The van der Waals surface area contributed by atoms with Crippen molar-refractivity contribution in [3.63, 3.8) is 0 Å². The number of hydrazine groups is 2. The Balaban J connectivity index is 1.54. The van der Waals surface area contributed by atoms with Crippen LogP contribution in [0.2, 0.25) is 0 Å². The zero-order chi connectivity index (χ0) is 17.8. The van der Waals surface area contributed by atoms with Gasteiger partial charge in [0.2, 0.25) is 0 Å². The van der Waals surface area contributed by atoms with Crippen LogP contribution in [0.25, 0.3) is 0 Å². The first-order valence-corrected chi connectivity index (χ1v) is 8.27. The summed E-state index contributed by atoms with van der Waals surface area (Å²) in [5.74, 6) is -0.602. The second-order valence-electron chi connectivity index (χ2n) is 6.36. The lowest BCUT2D eigenvalue weighted by molar-refractivity contribution is -0.123. The largest absolute Gasteiger partial charge is 0.271 e. The quantitative estimate of drug-likeness (QED) is 0.642. The van der Waals surface area contributed by atoms with Crippen LogP contribution in [-0.2, 0) is 4.79 Å². The maximum atomic E-state index is 12.3. The number of rotatable bonds is 3. The van der Waals surface area contributed by atoms with E-state index in [2.05, 4.69) is 21.7 Å². The summed E-state index contributed by atoms with van der Waals surface area (Å²) in [7, 11) is 0. The molecular formula is C19H22N4O2. The molecular weight excluding hydrogens is 316 g/mol. The van der Waals surface area contributed by atoms with Crippen molar-refractivity contribution in [3.05, 3.63) is 70.8 Å². The van der Waals surface area contributed by atoms with Gasteiger partial charge in [0.25, 0.3) is 11.8 Å². The molecule has 0 spiro atoms. The van der Waals surface area contributed by atoms with Gasteiger partial charge in [-0.15, -0.1) is 0 Å². The van der Waals surface area contributed by atoms with Crippen molar-refractivity contribution in [2.24, 2.45) is 0 Å².